The van der Waals surface area contributed by atoms with Gasteiger partial charge in [0.15, 0.2) is 0 Å². The molecular formula is C14H22BrN3O. The molecule has 106 valence electrons. The zero-order valence-corrected chi connectivity index (χ0v) is 12.9. The minimum Gasteiger partial charge on any atom is -0.302 e. The van der Waals surface area contributed by atoms with E-state index in [1.807, 2.05) is 6.07 Å². The number of nitrogens with zero attached hydrogens (tertiary/aromatic N) is 1. The number of amides is 1. The van der Waals surface area contributed by atoms with Crippen molar-refractivity contribution >= 4 is 21.8 Å². The molecule has 0 bridgehead atoms. The summed E-state index contributed by atoms with van der Waals surface area (Å²) in [5.41, 5.74) is 3.45. The first-order valence-corrected chi connectivity index (χ1v) is 7.34. The fourth-order valence-electron chi connectivity index (χ4n) is 1.91. The molecule has 0 aromatic heterocycles. The van der Waals surface area contributed by atoms with Crippen LogP contribution in [0.2, 0.25) is 0 Å². The van der Waals surface area contributed by atoms with Gasteiger partial charge in [-0.25, -0.2) is 5.84 Å². The zero-order chi connectivity index (χ0) is 14.1. The second-order valence-corrected chi connectivity index (χ2v) is 5.56. The fraction of sp³-hybridized carbons (Fsp3) is 0.500. The van der Waals surface area contributed by atoms with Gasteiger partial charge in [-0.05, 0) is 38.1 Å². The van der Waals surface area contributed by atoms with Gasteiger partial charge in [-0.3, -0.25) is 10.2 Å². The van der Waals surface area contributed by atoms with Crippen LogP contribution < -0.4 is 11.3 Å². The SMILES string of the molecule is CN(CCCCCC(=O)NN)Cc1ccccc1Br. The Morgan fingerprint density at radius 3 is 2.74 bits per heavy atom. The number of halogens is 1. The van der Waals surface area contributed by atoms with Gasteiger partial charge >= 0.3 is 0 Å². The number of nitrogens with two attached hydrogens (primary N) is 1. The smallest absolute Gasteiger partial charge is 0.233 e. The summed E-state index contributed by atoms with van der Waals surface area (Å²) in [5.74, 6) is 4.94. The van der Waals surface area contributed by atoms with Gasteiger partial charge in [-0.2, -0.15) is 0 Å². The number of carbonyl (C=O) groups is 1. The molecule has 1 aromatic rings. The normalized spacial score (nSPS) is 10.7. The third-order valence-electron chi connectivity index (χ3n) is 3.00. The quantitative estimate of drug-likeness (QED) is 0.333. The highest BCUT2D eigenvalue weighted by Crippen LogP contribution is 2.17. The molecule has 3 N–H and O–H groups in total. The van der Waals surface area contributed by atoms with Crippen molar-refractivity contribution in [3.63, 3.8) is 0 Å². The van der Waals surface area contributed by atoms with E-state index >= 15 is 0 Å². The van der Waals surface area contributed by atoms with E-state index in [0.717, 1.165) is 36.8 Å². The number of hydrogen-bond donors (Lipinski definition) is 2. The number of hydrazine groups is 1. The first kappa shape index (κ1) is 16.1. The number of carbonyl (C=O) groups excluding carboxylic acids is 1. The van der Waals surface area contributed by atoms with Crippen molar-refractivity contribution < 1.29 is 4.79 Å². The van der Waals surface area contributed by atoms with E-state index < -0.39 is 0 Å². The summed E-state index contributed by atoms with van der Waals surface area (Å²) in [5, 5.41) is 0. The lowest BCUT2D eigenvalue weighted by atomic mass is 10.1. The summed E-state index contributed by atoms with van der Waals surface area (Å²) in [4.78, 5) is 13.2. The summed E-state index contributed by atoms with van der Waals surface area (Å²) in [7, 11) is 2.12. The number of unbranched alkanes of at least 4 members (excludes halogenated alkanes) is 2. The minimum absolute atomic E-state index is 0.0819. The highest BCUT2D eigenvalue weighted by Gasteiger charge is 2.04. The molecule has 4 nitrogen and oxygen atoms in total. The Bertz CT molecular complexity index is 398. The van der Waals surface area contributed by atoms with Crippen LogP contribution in [0.3, 0.4) is 0 Å². The van der Waals surface area contributed by atoms with Crippen molar-refractivity contribution in [1.29, 1.82) is 0 Å². The third kappa shape index (κ3) is 6.71. The predicted molar refractivity (Wildman–Crippen MR) is 81.3 cm³/mol. The average Bonchev–Trinajstić information content (AvgIpc) is 2.40. The molecule has 0 atom stereocenters. The van der Waals surface area contributed by atoms with Gasteiger partial charge in [0, 0.05) is 17.4 Å². The highest BCUT2D eigenvalue weighted by molar-refractivity contribution is 9.10. The van der Waals surface area contributed by atoms with Gasteiger partial charge in [0.2, 0.25) is 5.91 Å². The Labute approximate surface area is 123 Å². The monoisotopic (exact) mass is 327 g/mol. The molecule has 19 heavy (non-hydrogen) atoms. The molecule has 0 heterocycles. The van der Waals surface area contributed by atoms with E-state index in [9.17, 15) is 4.79 Å². The summed E-state index contributed by atoms with van der Waals surface area (Å²) in [6.45, 7) is 1.97. The minimum atomic E-state index is -0.0819. The summed E-state index contributed by atoms with van der Waals surface area (Å²) in [6, 6.07) is 8.27. The fourth-order valence-corrected chi connectivity index (χ4v) is 2.32. The molecule has 0 fully saturated rings. The van der Waals surface area contributed by atoms with Gasteiger partial charge in [0.05, 0.1) is 0 Å². The summed E-state index contributed by atoms with van der Waals surface area (Å²) in [6.07, 6.45) is 3.56. The second kappa shape index (κ2) is 9.07. The van der Waals surface area contributed by atoms with E-state index in [4.69, 9.17) is 5.84 Å². The van der Waals surface area contributed by atoms with E-state index in [0.29, 0.717) is 6.42 Å². The number of hydrogen-bond acceptors (Lipinski definition) is 3. The van der Waals surface area contributed by atoms with Crippen LogP contribution in [0.25, 0.3) is 0 Å². The Balaban J connectivity index is 2.16. The predicted octanol–water partition coefficient (Wildman–Crippen LogP) is 2.43. The Morgan fingerprint density at radius 2 is 2.05 bits per heavy atom. The van der Waals surface area contributed by atoms with E-state index in [1.165, 1.54) is 5.56 Å². The first-order valence-electron chi connectivity index (χ1n) is 6.55. The molecule has 1 amide bonds. The molecule has 0 spiro atoms. The second-order valence-electron chi connectivity index (χ2n) is 4.71. The van der Waals surface area contributed by atoms with Crippen molar-refractivity contribution in [2.24, 2.45) is 5.84 Å². The van der Waals surface area contributed by atoms with Crippen molar-refractivity contribution in [2.75, 3.05) is 13.6 Å². The Hall–Kier alpha value is -0.910. The maximum absolute atomic E-state index is 10.9. The average molecular weight is 328 g/mol. The van der Waals surface area contributed by atoms with Crippen LogP contribution in [0.5, 0.6) is 0 Å². The lowest BCUT2D eigenvalue weighted by Gasteiger charge is -2.17. The molecule has 1 aromatic carbocycles. The van der Waals surface area contributed by atoms with Crippen LogP contribution in [-0.2, 0) is 11.3 Å². The molecule has 1 rings (SSSR count). The van der Waals surface area contributed by atoms with Gasteiger partial charge in [-0.15, -0.1) is 0 Å². The molecule has 0 saturated carbocycles. The number of rotatable bonds is 8. The molecule has 0 aliphatic carbocycles. The lowest BCUT2D eigenvalue weighted by Crippen LogP contribution is -2.29. The maximum Gasteiger partial charge on any atom is 0.233 e. The van der Waals surface area contributed by atoms with Crippen molar-refractivity contribution in [2.45, 2.75) is 32.2 Å². The molecular weight excluding hydrogens is 306 g/mol. The van der Waals surface area contributed by atoms with Gasteiger partial charge < -0.3 is 4.90 Å². The van der Waals surface area contributed by atoms with Crippen molar-refractivity contribution in [1.82, 2.24) is 10.3 Å². The van der Waals surface area contributed by atoms with E-state index in [1.54, 1.807) is 0 Å². The summed E-state index contributed by atoms with van der Waals surface area (Å²) < 4.78 is 1.15. The number of benzene rings is 1. The molecule has 0 saturated heterocycles. The molecule has 5 heteroatoms. The van der Waals surface area contributed by atoms with Crippen LogP contribution in [0.4, 0.5) is 0 Å². The van der Waals surface area contributed by atoms with Gasteiger partial charge in [-0.1, -0.05) is 40.5 Å². The third-order valence-corrected chi connectivity index (χ3v) is 3.78. The Kier molecular flexibility index (Phi) is 7.70. The summed E-state index contributed by atoms with van der Waals surface area (Å²) >= 11 is 3.56. The van der Waals surface area contributed by atoms with Gasteiger partial charge in [0.1, 0.15) is 0 Å². The molecule has 0 unspecified atom stereocenters. The Morgan fingerprint density at radius 1 is 1.32 bits per heavy atom. The van der Waals surface area contributed by atoms with Crippen LogP contribution in [0, 0.1) is 0 Å². The van der Waals surface area contributed by atoms with Crippen LogP contribution in [-0.4, -0.2) is 24.4 Å². The largest absolute Gasteiger partial charge is 0.302 e. The molecule has 0 aliphatic heterocycles. The maximum atomic E-state index is 10.9. The van der Waals surface area contributed by atoms with Crippen molar-refractivity contribution in [3.8, 4) is 0 Å². The number of nitrogens with one attached hydrogen (secondary N) is 1. The zero-order valence-electron chi connectivity index (χ0n) is 11.4. The van der Waals surface area contributed by atoms with E-state index in [-0.39, 0.29) is 5.91 Å². The highest BCUT2D eigenvalue weighted by atomic mass is 79.9. The standard InChI is InChI=1S/C14H22BrN3O/c1-18(10-6-2-3-9-14(19)17-16)11-12-7-4-5-8-13(12)15/h4-5,7-8H,2-3,6,9-11,16H2,1H3,(H,17,19). The van der Waals surface area contributed by atoms with Crippen LogP contribution in [0.1, 0.15) is 31.2 Å². The van der Waals surface area contributed by atoms with Crippen LogP contribution in [0.15, 0.2) is 28.7 Å². The van der Waals surface area contributed by atoms with Crippen LogP contribution >= 0.6 is 15.9 Å². The lowest BCUT2D eigenvalue weighted by molar-refractivity contribution is -0.121. The molecule has 0 aliphatic rings. The van der Waals surface area contributed by atoms with Crippen molar-refractivity contribution in [3.05, 3.63) is 34.3 Å². The van der Waals surface area contributed by atoms with E-state index in [2.05, 4.69) is 51.5 Å². The topological polar surface area (TPSA) is 58.4 Å². The molecule has 0 radical (unpaired) electrons. The van der Waals surface area contributed by atoms with Gasteiger partial charge in [0.25, 0.3) is 0 Å². The first-order chi connectivity index (χ1) is 9.13.